The van der Waals surface area contributed by atoms with Crippen LogP contribution in [0.5, 0.6) is 0 Å². The van der Waals surface area contributed by atoms with E-state index in [0.29, 0.717) is 0 Å². The van der Waals surface area contributed by atoms with Crippen molar-refractivity contribution < 1.29 is 19.8 Å². The van der Waals surface area contributed by atoms with Crippen LogP contribution in [0.1, 0.15) is 13.8 Å². The first-order valence-electron chi connectivity index (χ1n) is 1.84. The largest absolute Gasteiger partial charge is 0.153 e. The van der Waals surface area contributed by atoms with Crippen molar-refractivity contribution in [3.8, 4) is 0 Å². The molecule has 0 aliphatic heterocycles. The smallest absolute Gasteiger partial charge is 0.153 e. The van der Waals surface area contributed by atoms with Crippen LogP contribution < -0.4 is 0 Å². The first-order chi connectivity index (χ1) is 2.41. The van der Waals surface area contributed by atoms with Gasteiger partial charge in [0.05, 0.1) is 0 Å². The molecule has 0 nitrogen and oxygen atoms in total. The Balaban J connectivity index is 0. The first kappa shape index (κ1) is 10.2. The molecular weight excluding hydrogens is 276 g/mol. The van der Waals surface area contributed by atoms with Gasteiger partial charge in [0, 0.05) is 0 Å². The summed E-state index contributed by atoms with van der Waals surface area (Å²) < 4.78 is 2.88. The van der Waals surface area contributed by atoms with Gasteiger partial charge in [-0.25, -0.2) is 0 Å². The molecule has 6 heavy (non-hydrogen) atoms. The molecule has 0 heterocycles. The molecule has 2 heteroatoms. The molecule has 0 aromatic heterocycles. The fourth-order valence-corrected chi connectivity index (χ4v) is 1.23. The molecule has 45 valence electrons. The number of hydrogen-bond donors (Lipinski definition) is 0. The van der Waals surface area contributed by atoms with Crippen molar-refractivity contribution in [2.24, 2.45) is 0 Å². The van der Waals surface area contributed by atoms with Crippen molar-refractivity contribution in [3.05, 3.63) is 0 Å². The molecule has 0 aromatic rings. The number of rotatable bonds is 2. The van der Waals surface area contributed by atoms with E-state index in [-0.39, 0.29) is 9.90 Å². The van der Waals surface area contributed by atoms with Crippen LogP contribution >= 0.6 is 9.90 Å². The summed E-state index contributed by atoms with van der Waals surface area (Å²) in [6, 6.07) is 0. The summed E-state index contributed by atoms with van der Waals surface area (Å²) in [7, 11) is 0. The van der Waals surface area contributed by atoms with Gasteiger partial charge < -0.3 is 0 Å². The summed E-state index contributed by atoms with van der Waals surface area (Å²) in [6.07, 6.45) is 0. The molecule has 0 saturated heterocycles. The van der Waals surface area contributed by atoms with E-state index in [0.717, 1.165) is 19.8 Å². The van der Waals surface area contributed by atoms with Gasteiger partial charge in [-0.1, -0.05) is 0 Å². The maximum atomic E-state index is 2.26. The van der Waals surface area contributed by atoms with E-state index in [1.807, 2.05) is 0 Å². The SMILES string of the molecule is C[CH2][Au][CH2]C.P. The van der Waals surface area contributed by atoms with E-state index in [4.69, 9.17) is 0 Å². The second-order valence-corrected chi connectivity index (χ2v) is 4.72. The molecule has 0 bridgehead atoms. The third-order valence-corrected chi connectivity index (χ3v) is 2.47. The predicted octanol–water partition coefficient (Wildman–Crippen LogP) is 2.00. The van der Waals surface area contributed by atoms with Crippen molar-refractivity contribution in [1.29, 1.82) is 0 Å². The van der Waals surface area contributed by atoms with Crippen LogP contribution in [0.4, 0.5) is 0 Å². The summed E-state index contributed by atoms with van der Waals surface area (Å²) in [4.78, 5) is 0. The van der Waals surface area contributed by atoms with Crippen LogP contribution in [0.3, 0.4) is 0 Å². The minimum absolute atomic E-state index is 0. The summed E-state index contributed by atoms with van der Waals surface area (Å²) in [5.41, 5.74) is 0. The molecule has 0 N–H and O–H groups in total. The van der Waals surface area contributed by atoms with Gasteiger partial charge >= 0.3 is 42.9 Å². The van der Waals surface area contributed by atoms with Gasteiger partial charge in [-0.3, -0.25) is 0 Å². The van der Waals surface area contributed by atoms with Crippen molar-refractivity contribution in [2.45, 2.75) is 23.1 Å². The molecule has 0 aliphatic rings. The van der Waals surface area contributed by atoms with Crippen LogP contribution in [0.25, 0.3) is 0 Å². The van der Waals surface area contributed by atoms with Crippen molar-refractivity contribution in [2.75, 3.05) is 0 Å². The van der Waals surface area contributed by atoms with E-state index in [1.165, 1.54) is 9.28 Å². The Bertz CT molecular complexity index is 15.0. The average molecular weight is 289 g/mol. The molecule has 0 fully saturated rings. The summed E-state index contributed by atoms with van der Waals surface area (Å²) in [5.74, 6) is 0. The van der Waals surface area contributed by atoms with E-state index >= 15 is 0 Å². The minimum atomic E-state index is 0. The Morgan fingerprint density at radius 1 is 1.17 bits per heavy atom. The van der Waals surface area contributed by atoms with Gasteiger partial charge in [0.2, 0.25) is 0 Å². The van der Waals surface area contributed by atoms with Crippen LogP contribution in [-0.4, -0.2) is 0 Å². The van der Waals surface area contributed by atoms with Gasteiger partial charge in [0.1, 0.15) is 0 Å². The first-order valence-corrected chi connectivity index (χ1v) is 4.90. The van der Waals surface area contributed by atoms with Crippen molar-refractivity contribution in [1.82, 2.24) is 0 Å². The summed E-state index contributed by atoms with van der Waals surface area (Å²) in [5, 5.41) is 0. The fourth-order valence-electron chi connectivity index (χ4n) is 0.151. The van der Waals surface area contributed by atoms with Crippen LogP contribution in [-0.2, 0) is 19.8 Å². The Morgan fingerprint density at radius 2 is 1.50 bits per heavy atom. The molecular formula is C4H13AuP. The van der Waals surface area contributed by atoms with E-state index < -0.39 is 0 Å². The van der Waals surface area contributed by atoms with Gasteiger partial charge in [0.15, 0.2) is 0 Å². The monoisotopic (exact) mass is 289 g/mol. The normalized spacial score (nSPS) is 7.67. The van der Waals surface area contributed by atoms with Crippen molar-refractivity contribution in [3.63, 3.8) is 0 Å². The fraction of sp³-hybridized carbons (Fsp3) is 1.00. The predicted molar refractivity (Wildman–Crippen MR) is 32.1 cm³/mol. The molecule has 1 unspecified atom stereocenters. The zero-order chi connectivity index (χ0) is 4.12. The molecule has 0 radical (unpaired) electrons. The molecule has 0 aliphatic carbocycles. The van der Waals surface area contributed by atoms with Crippen LogP contribution in [0.2, 0.25) is 9.28 Å². The van der Waals surface area contributed by atoms with Gasteiger partial charge in [0.25, 0.3) is 0 Å². The average Bonchev–Trinajstić information content (AvgIpc) is 1.41. The van der Waals surface area contributed by atoms with Gasteiger partial charge in [-0.15, -0.1) is 0 Å². The Hall–Kier alpha value is 1.17. The molecule has 0 amide bonds. The molecule has 0 rings (SSSR count). The standard InChI is InChI=1S/2C2H5.Au.H3P/c2*1-2;;/h2*1H2,2H3;;1H3. The Morgan fingerprint density at radius 3 is 1.50 bits per heavy atom. The number of hydrogen-bond acceptors (Lipinski definition) is 0. The van der Waals surface area contributed by atoms with Crippen molar-refractivity contribution >= 4 is 9.90 Å². The topological polar surface area (TPSA) is 0 Å². The van der Waals surface area contributed by atoms with E-state index in [2.05, 4.69) is 13.8 Å². The van der Waals surface area contributed by atoms with Crippen LogP contribution in [0, 0.1) is 0 Å². The second kappa shape index (κ2) is 9.48. The maximum absolute atomic E-state index is 2.26. The Labute approximate surface area is 53.0 Å². The Kier molecular flexibility index (Phi) is 16.1. The van der Waals surface area contributed by atoms with E-state index in [9.17, 15) is 0 Å². The summed E-state index contributed by atoms with van der Waals surface area (Å²) >= 11 is 0.719. The second-order valence-electron chi connectivity index (χ2n) is 0.577. The van der Waals surface area contributed by atoms with E-state index in [1.54, 1.807) is 0 Å². The maximum Gasteiger partial charge on any atom is -0.153 e. The summed E-state index contributed by atoms with van der Waals surface area (Å²) in [6.45, 7) is 4.51. The zero-order valence-corrected chi connectivity index (χ0v) is 8.00. The third kappa shape index (κ3) is 8.95. The quantitative estimate of drug-likeness (QED) is 0.539. The van der Waals surface area contributed by atoms with Gasteiger partial charge in [-0.05, 0) is 0 Å². The molecule has 0 aromatic carbocycles. The van der Waals surface area contributed by atoms with Crippen LogP contribution in [0.15, 0.2) is 0 Å². The third-order valence-electron chi connectivity index (χ3n) is 0.302. The molecule has 0 saturated carbocycles. The molecule has 0 spiro atoms. The zero-order valence-electron chi connectivity index (χ0n) is 4.42. The minimum Gasteiger partial charge on any atom is -0.153 e. The molecule has 1 atom stereocenters. The van der Waals surface area contributed by atoms with Gasteiger partial charge in [-0.2, -0.15) is 9.90 Å².